The summed E-state index contributed by atoms with van der Waals surface area (Å²) in [5, 5.41) is 14.2. The third-order valence-electron chi connectivity index (χ3n) is 3.68. The number of nitrogens with zero attached hydrogens (tertiary/aromatic N) is 2. The number of urea groups is 1. The van der Waals surface area contributed by atoms with Gasteiger partial charge in [-0.25, -0.2) is 9.78 Å². The number of carboxylic acid groups (broad SMARTS) is 1. The van der Waals surface area contributed by atoms with Crippen LogP contribution in [0.5, 0.6) is 0 Å². The first-order chi connectivity index (χ1) is 11.1. The molecule has 2 aromatic rings. The summed E-state index contributed by atoms with van der Waals surface area (Å²) < 4.78 is 0. The van der Waals surface area contributed by atoms with Gasteiger partial charge < -0.3 is 10.4 Å². The number of fused-ring (bicyclic) bond motifs is 1. The van der Waals surface area contributed by atoms with Crippen LogP contribution in [0.4, 0.5) is 10.5 Å². The van der Waals surface area contributed by atoms with Crippen LogP contribution in [0.25, 0.3) is 0 Å². The molecule has 2 heterocycles. The molecule has 2 amide bonds. The molecule has 0 radical (unpaired) electrons. The molecule has 0 fully saturated rings. The van der Waals surface area contributed by atoms with Crippen LogP contribution in [0.1, 0.15) is 16.3 Å². The van der Waals surface area contributed by atoms with Gasteiger partial charge in [0.25, 0.3) is 0 Å². The van der Waals surface area contributed by atoms with Crippen LogP contribution in [0, 0.1) is 0 Å². The van der Waals surface area contributed by atoms with Gasteiger partial charge in [-0.1, -0.05) is 18.2 Å². The molecular formula is C16H17N3O3S. The molecule has 1 aromatic heterocycles. The Bertz CT molecular complexity index is 729. The average Bonchev–Trinajstić information content (AvgIpc) is 3.13. The molecule has 0 saturated carbocycles. The lowest BCUT2D eigenvalue weighted by Crippen LogP contribution is -2.39. The molecule has 120 valence electrons. The minimum Gasteiger partial charge on any atom is -0.481 e. The van der Waals surface area contributed by atoms with E-state index in [-0.39, 0.29) is 12.5 Å². The highest BCUT2D eigenvalue weighted by Gasteiger charge is 2.23. The number of carbonyl (C=O) groups is 2. The fourth-order valence-electron chi connectivity index (χ4n) is 2.62. The monoisotopic (exact) mass is 331 g/mol. The Morgan fingerprint density at radius 1 is 1.35 bits per heavy atom. The lowest BCUT2D eigenvalue weighted by atomic mass is 10.2. The van der Waals surface area contributed by atoms with Gasteiger partial charge in [0, 0.05) is 30.6 Å². The Hall–Kier alpha value is -2.41. The van der Waals surface area contributed by atoms with Gasteiger partial charge >= 0.3 is 12.0 Å². The van der Waals surface area contributed by atoms with Gasteiger partial charge in [0.15, 0.2) is 0 Å². The summed E-state index contributed by atoms with van der Waals surface area (Å²) in [5.41, 5.74) is 2.74. The number of carboxylic acids is 1. The highest BCUT2D eigenvalue weighted by atomic mass is 32.1. The summed E-state index contributed by atoms with van der Waals surface area (Å²) in [6.07, 6.45) is 1.42. The van der Waals surface area contributed by atoms with Crippen LogP contribution in [-0.4, -0.2) is 35.2 Å². The molecule has 0 bridgehead atoms. The summed E-state index contributed by atoms with van der Waals surface area (Å²) in [6, 6.07) is 7.82. The quantitative estimate of drug-likeness (QED) is 0.879. The number of aromatic nitrogens is 1. The van der Waals surface area contributed by atoms with E-state index in [1.54, 1.807) is 10.3 Å². The van der Waals surface area contributed by atoms with E-state index in [0.29, 0.717) is 25.2 Å². The molecule has 0 atom stereocenters. The zero-order valence-corrected chi connectivity index (χ0v) is 13.3. The second-order valence-corrected chi connectivity index (χ2v) is 6.26. The van der Waals surface area contributed by atoms with Crippen molar-refractivity contribution in [2.24, 2.45) is 0 Å². The zero-order chi connectivity index (χ0) is 16.2. The summed E-state index contributed by atoms with van der Waals surface area (Å²) in [7, 11) is 0. The first kappa shape index (κ1) is 15.5. The minimum absolute atomic E-state index is 0.0621. The van der Waals surface area contributed by atoms with Crippen LogP contribution in [-0.2, 0) is 24.1 Å². The Kier molecular flexibility index (Phi) is 4.57. The third-order valence-corrected chi connectivity index (χ3v) is 4.64. The Morgan fingerprint density at radius 2 is 2.17 bits per heavy atom. The van der Waals surface area contributed by atoms with Crippen LogP contribution < -0.4 is 10.2 Å². The van der Waals surface area contributed by atoms with Gasteiger partial charge in [0.2, 0.25) is 0 Å². The number of anilines is 1. The molecule has 0 spiro atoms. The van der Waals surface area contributed by atoms with Crippen molar-refractivity contribution < 1.29 is 14.7 Å². The maximum absolute atomic E-state index is 12.3. The Balaban J connectivity index is 1.50. The minimum atomic E-state index is -0.886. The van der Waals surface area contributed by atoms with Gasteiger partial charge in [-0.05, 0) is 18.1 Å². The van der Waals surface area contributed by atoms with Crippen LogP contribution in [0.2, 0.25) is 0 Å². The molecule has 1 aromatic carbocycles. The fraction of sp³-hybridized carbons (Fsp3) is 0.312. The fourth-order valence-corrected chi connectivity index (χ4v) is 3.42. The van der Waals surface area contributed by atoms with Crippen LogP contribution in [0.3, 0.4) is 0 Å². The van der Waals surface area contributed by atoms with Crippen molar-refractivity contribution in [1.29, 1.82) is 0 Å². The topological polar surface area (TPSA) is 82.5 Å². The van der Waals surface area contributed by atoms with E-state index < -0.39 is 5.97 Å². The predicted octanol–water partition coefficient (Wildman–Crippen LogP) is 2.08. The third kappa shape index (κ3) is 3.68. The lowest BCUT2D eigenvalue weighted by molar-refractivity contribution is -0.136. The maximum atomic E-state index is 12.3. The van der Waals surface area contributed by atoms with Crippen molar-refractivity contribution in [1.82, 2.24) is 10.3 Å². The molecule has 1 aliphatic rings. The van der Waals surface area contributed by atoms with Gasteiger partial charge in [-0.3, -0.25) is 9.69 Å². The number of benzene rings is 1. The van der Waals surface area contributed by atoms with Crippen molar-refractivity contribution in [3.63, 3.8) is 0 Å². The normalized spacial score (nSPS) is 13.0. The van der Waals surface area contributed by atoms with E-state index in [1.165, 1.54) is 16.9 Å². The predicted molar refractivity (Wildman–Crippen MR) is 88.0 cm³/mol. The Labute approximate surface area is 137 Å². The van der Waals surface area contributed by atoms with E-state index in [9.17, 15) is 9.59 Å². The molecule has 0 unspecified atom stereocenters. The standard InChI is InChI=1S/C16H17N3O3S/c20-15(21)9-12-10-23-14(18-12)5-7-17-16(22)19-8-6-11-3-1-2-4-13(11)19/h1-4,10H,5-9H2,(H,17,22)(H,20,21). The second-order valence-electron chi connectivity index (χ2n) is 5.32. The summed E-state index contributed by atoms with van der Waals surface area (Å²) in [5.74, 6) is -0.886. The number of rotatable bonds is 5. The molecule has 1 aliphatic heterocycles. The highest BCUT2D eigenvalue weighted by molar-refractivity contribution is 7.09. The van der Waals surface area contributed by atoms with Crippen molar-refractivity contribution >= 4 is 29.0 Å². The molecule has 3 rings (SSSR count). The number of hydrogen-bond donors (Lipinski definition) is 2. The first-order valence-electron chi connectivity index (χ1n) is 7.42. The van der Waals surface area contributed by atoms with E-state index in [2.05, 4.69) is 10.3 Å². The number of hydrogen-bond acceptors (Lipinski definition) is 4. The van der Waals surface area contributed by atoms with Crippen LogP contribution in [0.15, 0.2) is 29.6 Å². The van der Waals surface area contributed by atoms with Crippen molar-refractivity contribution in [2.75, 3.05) is 18.0 Å². The smallest absolute Gasteiger partial charge is 0.321 e. The largest absolute Gasteiger partial charge is 0.481 e. The average molecular weight is 331 g/mol. The lowest BCUT2D eigenvalue weighted by Gasteiger charge is -2.17. The van der Waals surface area contributed by atoms with Crippen molar-refractivity contribution in [3.8, 4) is 0 Å². The van der Waals surface area contributed by atoms with Crippen molar-refractivity contribution in [2.45, 2.75) is 19.3 Å². The molecule has 7 heteroatoms. The number of nitrogens with one attached hydrogen (secondary N) is 1. The van der Waals surface area contributed by atoms with Crippen LogP contribution >= 0.6 is 11.3 Å². The molecular weight excluding hydrogens is 314 g/mol. The van der Waals surface area contributed by atoms with E-state index in [0.717, 1.165) is 17.1 Å². The summed E-state index contributed by atoms with van der Waals surface area (Å²) in [6.45, 7) is 1.18. The molecule has 2 N–H and O–H groups in total. The number of carbonyl (C=O) groups excluding carboxylic acids is 1. The molecule has 23 heavy (non-hydrogen) atoms. The maximum Gasteiger partial charge on any atom is 0.321 e. The molecule has 0 aliphatic carbocycles. The number of amides is 2. The van der Waals surface area contributed by atoms with Crippen molar-refractivity contribution in [3.05, 3.63) is 45.9 Å². The summed E-state index contributed by atoms with van der Waals surface area (Å²) >= 11 is 1.42. The number of thiazole rings is 1. The Morgan fingerprint density at radius 3 is 3.00 bits per heavy atom. The highest BCUT2D eigenvalue weighted by Crippen LogP contribution is 2.27. The molecule has 6 nitrogen and oxygen atoms in total. The number of aliphatic carboxylic acids is 1. The van der Waals surface area contributed by atoms with E-state index >= 15 is 0 Å². The summed E-state index contributed by atoms with van der Waals surface area (Å²) in [4.78, 5) is 28.9. The zero-order valence-electron chi connectivity index (χ0n) is 12.5. The van der Waals surface area contributed by atoms with Gasteiger partial charge in [0.1, 0.15) is 0 Å². The first-order valence-corrected chi connectivity index (χ1v) is 8.30. The van der Waals surface area contributed by atoms with E-state index in [1.807, 2.05) is 24.3 Å². The number of para-hydroxylation sites is 1. The SMILES string of the molecule is O=C(O)Cc1csc(CCNC(=O)N2CCc3ccccc32)n1. The van der Waals surface area contributed by atoms with Gasteiger partial charge in [-0.2, -0.15) is 0 Å². The second kappa shape index (κ2) is 6.78. The van der Waals surface area contributed by atoms with Gasteiger partial charge in [0.05, 0.1) is 17.1 Å². The van der Waals surface area contributed by atoms with E-state index in [4.69, 9.17) is 5.11 Å². The molecule has 0 saturated heterocycles. The van der Waals surface area contributed by atoms with Gasteiger partial charge in [-0.15, -0.1) is 11.3 Å².